The minimum absolute atomic E-state index is 0.588. The van der Waals surface area contributed by atoms with Gasteiger partial charge in [0.15, 0.2) is 0 Å². The molecule has 0 unspecified atom stereocenters. The molecule has 1 aliphatic rings. The molecular formula is C25H26N4. The summed E-state index contributed by atoms with van der Waals surface area (Å²) in [6, 6.07) is 24.2. The van der Waals surface area contributed by atoms with Crippen molar-refractivity contribution in [3.05, 3.63) is 77.9 Å². The average molecular weight is 383 g/mol. The molecule has 4 heteroatoms. The van der Waals surface area contributed by atoms with Crippen LogP contribution in [0.5, 0.6) is 0 Å². The maximum atomic E-state index is 4.06. The highest BCUT2D eigenvalue weighted by atomic mass is 15.5. The zero-order valence-electron chi connectivity index (χ0n) is 16.8. The lowest BCUT2D eigenvalue weighted by atomic mass is 9.86. The molecule has 1 aromatic heterocycles. The van der Waals surface area contributed by atoms with E-state index in [9.17, 15) is 0 Å². The Hall–Kier alpha value is -3.01. The lowest BCUT2D eigenvalue weighted by Crippen LogP contribution is -2.03. The van der Waals surface area contributed by atoms with Crippen molar-refractivity contribution in [3.63, 3.8) is 0 Å². The normalized spacial score (nSPS) is 20.2. The topological polar surface area (TPSA) is 54.5 Å². The van der Waals surface area contributed by atoms with Crippen LogP contribution in [0.2, 0.25) is 0 Å². The lowest BCUT2D eigenvalue weighted by Gasteiger charge is -2.19. The van der Waals surface area contributed by atoms with E-state index in [0.29, 0.717) is 17.7 Å². The largest absolute Gasteiger partial charge is 0.204 e. The third-order valence-electron chi connectivity index (χ3n) is 6.57. The molecule has 0 saturated heterocycles. The number of hydrogen-bond acceptors (Lipinski definition) is 3. The van der Waals surface area contributed by atoms with Gasteiger partial charge >= 0.3 is 0 Å². The van der Waals surface area contributed by atoms with Crippen LogP contribution in [-0.4, -0.2) is 20.6 Å². The minimum Gasteiger partial charge on any atom is -0.177 e. The van der Waals surface area contributed by atoms with Gasteiger partial charge in [0, 0.05) is 5.56 Å². The Morgan fingerprint density at radius 1 is 0.966 bits per heavy atom. The van der Waals surface area contributed by atoms with Gasteiger partial charge in [-0.1, -0.05) is 73.7 Å². The van der Waals surface area contributed by atoms with E-state index >= 15 is 0 Å². The summed E-state index contributed by atoms with van der Waals surface area (Å²) in [6.45, 7) is 2.40. The van der Waals surface area contributed by atoms with Gasteiger partial charge in [-0.05, 0) is 70.5 Å². The first kappa shape index (κ1) is 18.0. The highest BCUT2D eigenvalue weighted by molar-refractivity contribution is 5.86. The Morgan fingerprint density at radius 2 is 1.79 bits per heavy atom. The summed E-state index contributed by atoms with van der Waals surface area (Å²) in [6.07, 6.45) is 5.17. The van der Waals surface area contributed by atoms with Crippen LogP contribution in [0, 0.1) is 5.92 Å². The number of hydrogen-bond donors (Lipinski definition) is 1. The van der Waals surface area contributed by atoms with E-state index in [2.05, 4.69) is 94.3 Å². The Balaban J connectivity index is 1.26. The number of benzene rings is 3. The van der Waals surface area contributed by atoms with Crippen molar-refractivity contribution in [3.8, 4) is 11.4 Å². The van der Waals surface area contributed by atoms with Crippen molar-refractivity contribution in [1.29, 1.82) is 0 Å². The first-order valence-corrected chi connectivity index (χ1v) is 10.6. The second-order valence-corrected chi connectivity index (χ2v) is 8.44. The quantitative estimate of drug-likeness (QED) is 0.454. The maximum absolute atomic E-state index is 4.06. The first-order valence-electron chi connectivity index (χ1n) is 10.6. The van der Waals surface area contributed by atoms with E-state index < -0.39 is 0 Å². The molecule has 0 bridgehead atoms. The monoisotopic (exact) mass is 382 g/mol. The lowest BCUT2D eigenvalue weighted by molar-refractivity contribution is 0.456. The van der Waals surface area contributed by atoms with Crippen LogP contribution in [0.15, 0.2) is 66.7 Å². The molecule has 5 rings (SSSR count). The molecule has 29 heavy (non-hydrogen) atoms. The molecule has 3 aromatic carbocycles. The number of nitrogens with zero attached hydrogens (tertiary/aromatic N) is 3. The van der Waals surface area contributed by atoms with Crippen molar-refractivity contribution in [1.82, 2.24) is 20.6 Å². The summed E-state index contributed by atoms with van der Waals surface area (Å²) < 4.78 is 0. The second kappa shape index (κ2) is 7.78. The molecule has 146 valence electrons. The van der Waals surface area contributed by atoms with Crippen LogP contribution in [0.4, 0.5) is 0 Å². The van der Waals surface area contributed by atoms with E-state index in [4.69, 9.17) is 0 Å². The summed E-state index contributed by atoms with van der Waals surface area (Å²) in [7, 11) is 0. The summed E-state index contributed by atoms with van der Waals surface area (Å²) in [5, 5.41) is 17.0. The van der Waals surface area contributed by atoms with E-state index in [-0.39, 0.29) is 0 Å². The number of rotatable bonds is 5. The van der Waals surface area contributed by atoms with Gasteiger partial charge in [-0.25, -0.2) is 0 Å². The van der Waals surface area contributed by atoms with Crippen LogP contribution < -0.4 is 0 Å². The Kier molecular flexibility index (Phi) is 4.84. The zero-order valence-corrected chi connectivity index (χ0v) is 16.8. The number of H-pyrrole nitrogens is 1. The Morgan fingerprint density at radius 3 is 2.62 bits per heavy atom. The molecular weight excluding hydrogens is 356 g/mol. The second-order valence-electron chi connectivity index (χ2n) is 8.44. The molecule has 1 aliphatic carbocycles. The van der Waals surface area contributed by atoms with Gasteiger partial charge in [0.05, 0.1) is 0 Å². The van der Waals surface area contributed by atoms with Gasteiger partial charge < -0.3 is 0 Å². The van der Waals surface area contributed by atoms with Crippen molar-refractivity contribution >= 4 is 10.8 Å². The van der Waals surface area contributed by atoms with Crippen LogP contribution in [-0.2, 0) is 0 Å². The fourth-order valence-corrected chi connectivity index (χ4v) is 5.09. The van der Waals surface area contributed by atoms with Gasteiger partial charge in [0.25, 0.3) is 0 Å². The fourth-order valence-electron chi connectivity index (χ4n) is 5.09. The third-order valence-corrected chi connectivity index (χ3v) is 6.57. The van der Waals surface area contributed by atoms with Gasteiger partial charge in [0.1, 0.15) is 0 Å². The van der Waals surface area contributed by atoms with E-state index in [0.717, 1.165) is 11.5 Å². The number of aromatic nitrogens is 4. The number of aromatic amines is 1. The Labute approximate surface area is 171 Å². The van der Waals surface area contributed by atoms with Crippen LogP contribution in [0.3, 0.4) is 0 Å². The van der Waals surface area contributed by atoms with E-state index in [1.54, 1.807) is 0 Å². The average Bonchev–Trinajstić information content (AvgIpc) is 3.46. The molecule has 1 fully saturated rings. The smallest absolute Gasteiger partial charge is 0.177 e. The predicted molar refractivity (Wildman–Crippen MR) is 117 cm³/mol. The van der Waals surface area contributed by atoms with Gasteiger partial charge in [0.2, 0.25) is 5.82 Å². The molecule has 1 heterocycles. The zero-order chi connectivity index (χ0) is 19.6. The maximum Gasteiger partial charge on any atom is 0.204 e. The summed E-state index contributed by atoms with van der Waals surface area (Å²) in [5.41, 5.74) is 3.95. The van der Waals surface area contributed by atoms with E-state index in [1.807, 2.05) is 0 Å². The number of tetrazole rings is 1. The molecule has 0 radical (unpaired) electrons. The molecule has 4 nitrogen and oxygen atoms in total. The standard InChI is InChI=1S/C25H26N4/c1-17(23-8-4-6-20-5-2-3-7-24(20)23)15-18-9-10-22(16-18)19-11-13-21(14-12-19)25-26-28-29-27-25/h2-8,11-14,17-18,22H,9-10,15-16H2,1H3,(H,26,27,28,29)/t17-,18+,22+/m0/s1. The Bertz CT molecular complexity index is 1080. The number of nitrogens with one attached hydrogen (secondary N) is 1. The van der Waals surface area contributed by atoms with Gasteiger partial charge in [-0.3, -0.25) is 0 Å². The van der Waals surface area contributed by atoms with Gasteiger partial charge in [-0.2, -0.15) is 5.21 Å². The van der Waals surface area contributed by atoms with Crippen molar-refractivity contribution in [2.24, 2.45) is 5.92 Å². The molecule has 4 aromatic rings. The molecule has 3 atom stereocenters. The SMILES string of the molecule is C[C@@H](C[C@H]1CC[C@@H](c2ccc(-c3nn[nH]n3)cc2)C1)c1cccc2ccccc12. The summed E-state index contributed by atoms with van der Waals surface area (Å²) in [5.74, 6) is 2.71. The van der Waals surface area contributed by atoms with Gasteiger partial charge in [-0.15, -0.1) is 10.2 Å². The fraction of sp³-hybridized carbons (Fsp3) is 0.320. The summed E-state index contributed by atoms with van der Waals surface area (Å²) >= 11 is 0. The molecule has 0 aliphatic heterocycles. The van der Waals surface area contributed by atoms with Crippen LogP contribution in [0.25, 0.3) is 22.2 Å². The van der Waals surface area contributed by atoms with E-state index in [1.165, 1.54) is 47.6 Å². The van der Waals surface area contributed by atoms with Crippen LogP contribution >= 0.6 is 0 Å². The highest BCUT2D eigenvalue weighted by Gasteiger charge is 2.27. The van der Waals surface area contributed by atoms with Crippen molar-refractivity contribution < 1.29 is 0 Å². The minimum atomic E-state index is 0.588. The van der Waals surface area contributed by atoms with Crippen molar-refractivity contribution in [2.45, 2.75) is 44.4 Å². The molecule has 1 N–H and O–H groups in total. The van der Waals surface area contributed by atoms with Crippen LogP contribution in [0.1, 0.15) is 55.6 Å². The first-order chi connectivity index (χ1) is 14.3. The predicted octanol–water partition coefficient (Wildman–Crippen LogP) is 6.10. The molecule has 1 saturated carbocycles. The number of fused-ring (bicyclic) bond motifs is 1. The molecule has 0 spiro atoms. The highest BCUT2D eigenvalue weighted by Crippen LogP contribution is 2.43. The van der Waals surface area contributed by atoms with Crippen molar-refractivity contribution in [2.75, 3.05) is 0 Å². The third kappa shape index (κ3) is 3.67. The summed E-state index contributed by atoms with van der Waals surface area (Å²) in [4.78, 5) is 0. The molecule has 0 amide bonds.